The number of rotatable bonds is 6. The molecule has 0 aliphatic heterocycles. The third kappa shape index (κ3) is 4.31. The summed E-state index contributed by atoms with van der Waals surface area (Å²) >= 11 is 0. The van der Waals surface area contributed by atoms with Gasteiger partial charge in [-0.05, 0) is 43.4 Å². The van der Waals surface area contributed by atoms with Crippen LogP contribution >= 0.6 is 0 Å². The molecule has 0 saturated heterocycles. The van der Waals surface area contributed by atoms with Gasteiger partial charge in [-0.2, -0.15) is 0 Å². The van der Waals surface area contributed by atoms with E-state index in [1.165, 1.54) is 6.07 Å². The van der Waals surface area contributed by atoms with E-state index in [1.807, 2.05) is 13.8 Å². The molecule has 0 amide bonds. The third-order valence-corrected chi connectivity index (χ3v) is 4.54. The zero-order chi connectivity index (χ0) is 15.5. The second-order valence-electron chi connectivity index (χ2n) is 5.39. The minimum atomic E-state index is -3.87. The summed E-state index contributed by atoms with van der Waals surface area (Å²) in [5.74, 6) is -1.37. The average Bonchev–Trinajstić information content (AvgIpc) is 2.30. The van der Waals surface area contributed by atoms with E-state index in [9.17, 15) is 18.3 Å². The van der Waals surface area contributed by atoms with E-state index in [4.69, 9.17) is 0 Å². The van der Waals surface area contributed by atoms with Crippen LogP contribution in [0.4, 0.5) is 0 Å². The Hall–Kier alpha value is -1.40. The number of aliphatic carboxylic acids is 1. The molecule has 1 aromatic rings. The summed E-state index contributed by atoms with van der Waals surface area (Å²) in [4.78, 5) is 11.2. The first-order valence-electron chi connectivity index (χ1n) is 6.44. The Kier molecular flexibility index (Phi) is 5.30. The topological polar surface area (TPSA) is 86.3 Å². The molecule has 6 heteroatoms. The predicted molar refractivity (Wildman–Crippen MR) is 74.5 cm³/mol. The normalized spacial score (nSPS) is 13.4. The largest absolute Gasteiger partial charge is 0.548 e. The molecule has 0 aliphatic carbocycles. The molecular formula is C14H20NO4S-. The second-order valence-corrected chi connectivity index (χ2v) is 7.07. The van der Waals surface area contributed by atoms with Crippen LogP contribution in [0.2, 0.25) is 0 Å². The lowest BCUT2D eigenvalue weighted by Crippen LogP contribution is -2.48. The van der Waals surface area contributed by atoms with Crippen LogP contribution in [0.1, 0.15) is 31.4 Å². The van der Waals surface area contributed by atoms with Crippen LogP contribution in [0.5, 0.6) is 0 Å². The van der Waals surface area contributed by atoms with Crippen LogP contribution in [0.15, 0.2) is 23.1 Å². The summed E-state index contributed by atoms with van der Waals surface area (Å²) in [6.45, 7) is 7.09. The van der Waals surface area contributed by atoms with Gasteiger partial charge < -0.3 is 9.90 Å². The van der Waals surface area contributed by atoms with Crippen molar-refractivity contribution in [2.75, 3.05) is 0 Å². The predicted octanol–water partition coefficient (Wildman–Crippen LogP) is 0.746. The van der Waals surface area contributed by atoms with Gasteiger partial charge in [-0.25, -0.2) is 13.1 Å². The van der Waals surface area contributed by atoms with Gasteiger partial charge in [0, 0.05) is 0 Å². The summed E-state index contributed by atoms with van der Waals surface area (Å²) in [7, 11) is -3.87. The summed E-state index contributed by atoms with van der Waals surface area (Å²) in [5, 5.41) is 11.1. The van der Waals surface area contributed by atoms with Gasteiger partial charge in [0.15, 0.2) is 0 Å². The van der Waals surface area contributed by atoms with Crippen molar-refractivity contribution in [1.29, 1.82) is 0 Å². The molecule has 0 bridgehead atoms. The van der Waals surface area contributed by atoms with Gasteiger partial charge in [-0.1, -0.05) is 26.0 Å². The van der Waals surface area contributed by atoms with Crippen LogP contribution in [0, 0.1) is 19.8 Å². The second kappa shape index (κ2) is 6.37. The van der Waals surface area contributed by atoms with Gasteiger partial charge in [0.1, 0.15) is 0 Å². The number of hydrogen-bond acceptors (Lipinski definition) is 4. The van der Waals surface area contributed by atoms with Crippen LogP contribution in [-0.4, -0.2) is 20.4 Å². The van der Waals surface area contributed by atoms with E-state index in [-0.39, 0.29) is 17.2 Å². The Morgan fingerprint density at radius 3 is 2.40 bits per heavy atom. The van der Waals surface area contributed by atoms with Crippen molar-refractivity contribution < 1.29 is 18.3 Å². The van der Waals surface area contributed by atoms with E-state index in [2.05, 4.69) is 4.72 Å². The smallest absolute Gasteiger partial charge is 0.241 e. The first kappa shape index (κ1) is 16.7. The van der Waals surface area contributed by atoms with E-state index < -0.39 is 22.0 Å². The minimum absolute atomic E-state index is 0.0409. The minimum Gasteiger partial charge on any atom is -0.548 e. The fourth-order valence-corrected chi connectivity index (χ4v) is 3.44. The van der Waals surface area contributed by atoms with Gasteiger partial charge in [0.25, 0.3) is 0 Å². The van der Waals surface area contributed by atoms with E-state index >= 15 is 0 Å². The molecule has 0 saturated carbocycles. The number of carboxylic acids is 1. The molecular weight excluding hydrogens is 278 g/mol. The fourth-order valence-electron chi connectivity index (χ4n) is 1.91. The molecule has 1 aromatic carbocycles. The highest BCUT2D eigenvalue weighted by Gasteiger charge is 2.23. The number of carboxylic acid groups (broad SMARTS) is 1. The molecule has 5 nitrogen and oxygen atoms in total. The molecule has 0 fully saturated rings. The molecule has 1 N–H and O–H groups in total. The maximum absolute atomic E-state index is 12.3. The molecule has 112 valence electrons. The Morgan fingerprint density at radius 2 is 1.90 bits per heavy atom. The summed E-state index contributed by atoms with van der Waals surface area (Å²) in [6.07, 6.45) is 0.187. The molecule has 0 spiro atoms. The van der Waals surface area contributed by atoms with E-state index in [0.717, 1.165) is 5.56 Å². The summed E-state index contributed by atoms with van der Waals surface area (Å²) in [6, 6.07) is 3.80. The number of aryl methyl sites for hydroxylation is 2. The molecule has 1 atom stereocenters. The summed E-state index contributed by atoms with van der Waals surface area (Å²) in [5.41, 5.74) is 1.37. The first-order valence-corrected chi connectivity index (χ1v) is 7.92. The Labute approximate surface area is 120 Å². The van der Waals surface area contributed by atoms with Gasteiger partial charge in [0.05, 0.1) is 16.9 Å². The van der Waals surface area contributed by atoms with Crippen LogP contribution in [-0.2, 0) is 14.8 Å². The van der Waals surface area contributed by atoms with E-state index in [1.54, 1.807) is 26.0 Å². The molecule has 0 heterocycles. The highest BCUT2D eigenvalue weighted by atomic mass is 32.2. The molecule has 0 unspecified atom stereocenters. The van der Waals surface area contributed by atoms with Crippen LogP contribution in [0.3, 0.4) is 0 Å². The Balaban J connectivity index is 3.09. The third-order valence-electron chi connectivity index (χ3n) is 2.92. The SMILES string of the molecule is Cc1ccc(C)c(S(=O)(=O)N[C@@H](CC(C)C)C(=O)[O-])c1. The maximum atomic E-state index is 12.3. The van der Waals surface area contributed by atoms with Gasteiger partial charge in [0.2, 0.25) is 10.0 Å². The number of carbonyl (C=O) groups excluding carboxylic acids is 1. The average molecular weight is 298 g/mol. The van der Waals surface area contributed by atoms with Crippen molar-refractivity contribution in [2.45, 2.75) is 45.1 Å². The van der Waals surface area contributed by atoms with Crippen molar-refractivity contribution in [3.63, 3.8) is 0 Å². The monoisotopic (exact) mass is 298 g/mol. The van der Waals surface area contributed by atoms with Gasteiger partial charge >= 0.3 is 0 Å². The fraction of sp³-hybridized carbons (Fsp3) is 0.500. The number of nitrogens with one attached hydrogen (secondary N) is 1. The van der Waals surface area contributed by atoms with Crippen molar-refractivity contribution in [2.24, 2.45) is 5.92 Å². The van der Waals surface area contributed by atoms with Crippen molar-refractivity contribution in [3.05, 3.63) is 29.3 Å². The summed E-state index contributed by atoms with van der Waals surface area (Å²) < 4.78 is 26.8. The molecule has 0 radical (unpaired) electrons. The maximum Gasteiger partial charge on any atom is 0.241 e. The van der Waals surface area contributed by atoms with Crippen molar-refractivity contribution in [1.82, 2.24) is 4.72 Å². The number of benzene rings is 1. The first-order chi connectivity index (χ1) is 9.13. The molecule has 0 aromatic heterocycles. The van der Waals surface area contributed by atoms with Crippen molar-refractivity contribution in [3.8, 4) is 0 Å². The van der Waals surface area contributed by atoms with Crippen LogP contribution in [0.25, 0.3) is 0 Å². The highest BCUT2D eigenvalue weighted by molar-refractivity contribution is 7.89. The molecule has 20 heavy (non-hydrogen) atoms. The zero-order valence-corrected chi connectivity index (χ0v) is 13.0. The number of sulfonamides is 1. The molecule has 0 aliphatic rings. The standard InChI is InChI=1S/C14H21NO4S/c1-9(2)7-12(14(16)17)15-20(18,19)13-8-10(3)5-6-11(13)4/h5-6,8-9,12,15H,7H2,1-4H3,(H,16,17)/p-1/t12-/m0/s1. The van der Waals surface area contributed by atoms with Gasteiger partial charge in [-0.3, -0.25) is 0 Å². The van der Waals surface area contributed by atoms with E-state index in [0.29, 0.717) is 5.56 Å². The number of hydrogen-bond donors (Lipinski definition) is 1. The zero-order valence-electron chi connectivity index (χ0n) is 12.1. The lowest BCUT2D eigenvalue weighted by Gasteiger charge is -2.22. The lowest BCUT2D eigenvalue weighted by atomic mass is 10.1. The van der Waals surface area contributed by atoms with Crippen LogP contribution < -0.4 is 9.83 Å². The van der Waals surface area contributed by atoms with Gasteiger partial charge in [-0.15, -0.1) is 0 Å². The highest BCUT2D eigenvalue weighted by Crippen LogP contribution is 2.18. The molecule has 1 rings (SSSR count). The quantitative estimate of drug-likeness (QED) is 0.839. The number of carbonyl (C=O) groups is 1. The Morgan fingerprint density at radius 1 is 1.30 bits per heavy atom. The lowest BCUT2D eigenvalue weighted by molar-refractivity contribution is -0.308. The van der Waals surface area contributed by atoms with Crippen molar-refractivity contribution >= 4 is 16.0 Å². The Bertz CT molecular complexity index is 593.